The summed E-state index contributed by atoms with van der Waals surface area (Å²) in [6.45, 7) is 3.24. The lowest BCUT2D eigenvalue weighted by Crippen LogP contribution is -2.15. The fourth-order valence-corrected chi connectivity index (χ4v) is 1.12. The standard InChI is InChI=1S/C9H10BrFO/c1-9(2,12)6-3-4-7(10)8(11)5-6/h3-5,12H,1-2H3. The molecule has 0 heterocycles. The lowest BCUT2D eigenvalue weighted by molar-refractivity contribution is 0.0782. The van der Waals surface area contributed by atoms with Crippen LogP contribution in [-0.4, -0.2) is 5.11 Å². The maximum atomic E-state index is 13.0. The van der Waals surface area contributed by atoms with Gasteiger partial charge in [0.15, 0.2) is 0 Å². The van der Waals surface area contributed by atoms with E-state index in [-0.39, 0.29) is 5.82 Å². The minimum Gasteiger partial charge on any atom is -0.386 e. The number of aliphatic hydroxyl groups is 1. The molecule has 0 saturated heterocycles. The average Bonchev–Trinajstić information content (AvgIpc) is 1.92. The Labute approximate surface area is 79.4 Å². The summed E-state index contributed by atoms with van der Waals surface area (Å²) in [5, 5.41) is 9.52. The third-order valence-corrected chi connectivity index (χ3v) is 2.27. The van der Waals surface area contributed by atoms with E-state index >= 15 is 0 Å². The molecule has 1 aromatic carbocycles. The highest BCUT2D eigenvalue weighted by Gasteiger charge is 2.16. The van der Waals surface area contributed by atoms with Gasteiger partial charge in [-0.3, -0.25) is 0 Å². The Balaban J connectivity index is 3.14. The normalized spacial score (nSPS) is 11.8. The van der Waals surface area contributed by atoms with Gasteiger partial charge in [0.25, 0.3) is 0 Å². The van der Waals surface area contributed by atoms with Crippen LogP contribution in [0.15, 0.2) is 22.7 Å². The summed E-state index contributed by atoms with van der Waals surface area (Å²) >= 11 is 3.04. The first kappa shape index (κ1) is 9.68. The molecule has 0 aromatic heterocycles. The zero-order valence-corrected chi connectivity index (χ0v) is 8.52. The first-order valence-corrected chi connectivity index (χ1v) is 4.38. The highest BCUT2D eigenvalue weighted by Crippen LogP contribution is 2.24. The van der Waals surface area contributed by atoms with Crippen molar-refractivity contribution < 1.29 is 9.50 Å². The largest absolute Gasteiger partial charge is 0.386 e. The second-order valence-corrected chi connectivity index (χ2v) is 4.04. The molecule has 1 N–H and O–H groups in total. The molecular formula is C9H10BrFO. The van der Waals surface area contributed by atoms with E-state index < -0.39 is 5.60 Å². The third-order valence-electron chi connectivity index (χ3n) is 1.63. The number of hydrogen-bond donors (Lipinski definition) is 1. The SMILES string of the molecule is CC(C)(O)c1ccc(Br)c(F)c1. The van der Waals surface area contributed by atoms with E-state index in [1.54, 1.807) is 26.0 Å². The van der Waals surface area contributed by atoms with Gasteiger partial charge in [-0.15, -0.1) is 0 Å². The first-order valence-electron chi connectivity index (χ1n) is 3.59. The Morgan fingerprint density at radius 3 is 2.42 bits per heavy atom. The summed E-state index contributed by atoms with van der Waals surface area (Å²) in [6.07, 6.45) is 0. The Morgan fingerprint density at radius 1 is 1.42 bits per heavy atom. The summed E-state index contributed by atoms with van der Waals surface area (Å²) in [5.41, 5.74) is -0.412. The van der Waals surface area contributed by atoms with Gasteiger partial charge >= 0.3 is 0 Å². The molecule has 0 radical (unpaired) electrons. The topological polar surface area (TPSA) is 20.2 Å². The van der Waals surface area contributed by atoms with E-state index in [4.69, 9.17) is 0 Å². The van der Waals surface area contributed by atoms with Crippen LogP contribution < -0.4 is 0 Å². The molecule has 1 rings (SSSR count). The highest BCUT2D eigenvalue weighted by atomic mass is 79.9. The molecule has 1 nitrogen and oxygen atoms in total. The van der Waals surface area contributed by atoms with Gasteiger partial charge in [0.1, 0.15) is 5.82 Å². The number of halogens is 2. The predicted molar refractivity (Wildman–Crippen MR) is 49.3 cm³/mol. The van der Waals surface area contributed by atoms with Gasteiger partial charge in [0.05, 0.1) is 10.1 Å². The van der Waals surface area contributed by atoms with Crippen LogP contribution >= 0.6 is 15.9 Å². The van der Waals surface area contributed by atoms with Crippen LogP contribution in [0.1, 0.15) is 19.4 Å². The minimum atomic E-state index is -0.985. The number of rotatable bonds is 1. The van der Waals surface area contributed by atoms with Crippen molar-refractivity contribution in [1.82, 2.24) is 0 Å². The summed E-state index contributed by atoms with van der Waals surface area (Å²) in [6, 6.07) is 4.60. The predicted octanol–water partition coefficient (Wildman–Crippen LogP) is 2.82. The molecular weight excluding hydrogens is 223 g/mol. The smallest absolute Gasteiger partial charge is 0.137 e. The van der Waals surface area contributed by atoms with Gasteiger partial charge in [-0.05, 0) is 47.5 Å². The molecule has 0 aliphatic rings. The molecule has 0 spiro atoms. The second kappa shape index (κ2) is 3.15. The molecule has 0 aliphatic carbocycles. The molecule has 66 valence electrons. The lowest BCUT2D eigenvalue weighted by Gasteiger charge is -2.17. The minimum absolute atomic E-state index is 0.352. The molecule has 0 saturated carbocycles. The van der Waals surface area contributed by atoms with Crippen LogP contribution in [0.2, 0.25) is 0 Å². The van der Waals surface area contributed by atoms with Crippen LogP contribution in [0.25, 0.3) is 0 Å². The van der Waals surface area contributed by atoms with E-state index in [2.05, 4.69) is 15.9 Å². The monoisotopic (exact) mass is 232 g/mol. The van der Waals surface area contributed by atoms with Crippen LogP contribution in [0, 0.1) is 5.82 Å². The Hall–Kier alpha value is -0.410. The van der Waals surface area contributed by atoms with Crippen LogP contribution in [0.4, 0.5) is 4.39 Å². The van der Waals surface area contributed by atoms with E-state index in [1.807, 2.05) is 0 Å². The summed E-state index contributed by atoms with van der Waals surface area (Å²) < 4.78 is 13.4. The first-order chi connectivity index (χ1) is 5.41. The van der Waals surface area contributed by atoms with Gasteiger partial charge < -0.3 is 5.11 Å². The van der Waals surface area contributed by atoms with Crippen molar-refractivity contribution in [3.05, 3.63) is 34.1 Å². The van der Waals surface area contributed by atoms with E-state index in [0.29, 0.717) is 10.0 Å². The summed E-state index contributed by atoms with van der Waals surface area (Å²) in [4.78, 5) is 0. The van der Waals surface area contributed by atoms with E-state index in [0.717, 1.165) is 0 Å². The summed E-state index contributed by atoms with van der Waals surface area (Å²) in [7, 11) is 0. The number of benzene rings is 1. The van der Waals surface area contributed by atoms with Crippen molar-refractivity contribution in [3.8, 4) is 0 Å². The molecule has 3 heteroatoms. The molecule has 0 fully saturated rings. The van der Waals surface area contributed by atoms with Gasteiger partial charge in [-0.2, -0.15) is 0 Å². The maximum absolute atomic E-state index is 13.0. The van der Waals surface area contributed by atoms with E-state index in [1.165, 1.54) is 6.07 Å². The van der Waals surface area contributed by atoms with Crippen LogP contribution in [0.3, 0.4) is 0 Å². The van der Waals surface area contributed by atoms with Crippen LogP contribution in [0.5, 0.6) is 0 Å². The molecule has 0 aliphatic heterocycles. The maximum Gasteiger partial charge on any atom is 0.137 e. The fourth-order valence-electron chi connectivity index (χ4n) is 0.877. The molecule has 1 aromatic rings. The average molecular weight is 233 g/mol. The van der Waals surface area contributed by atoms with Crippen molar-refractivity contribution in [2.75, 3.05) is 0 Å². The van der Waals surface area contributed by atoms with Crippen molar-refractivity contribution in [3.63, 3.8) is 0 Å². The molecule has 0 amide bonds. The van der Waals surface area contributed by atoms with Crippen molar-refractivity contribution in [2.45, 2.75) is 19.4 Å². The summed E-state index contributed by atoms with van der Waals surface area (Å²) in [5.74, 6) is -0.352. The Kier molecular flexibility index (Phi) is 2.54. The van der Waals surface area contributed by atoms with Gasteiger partial charge in [0.2, 0.25) is 0 Å². The Bertz CT molecular complexity index is 291. The van der Waals surface area contributed by atoms with Gasteiger partial charge in [-0.25, -0.2) is 4.39 Å². The highest BCUT2D eigenvalue weighted by molar-refractivity contribution is 9.10. The van der Waals surface area contributed by atoms with Crippen molar-refractivity contribution >= 4 is 15.9 Å². The van der Waals surface area contributed by atoms with Gasteiger partial charge in [-0.1, -0.05) is 6.07 Å². The molecule has 0 unspecified atom stereocenters. The lowest BCUT2D eigenvalue weighted by atomic mass is 9.99. The molecule has 12 heavy (non-hydrogen) atoms. The Morgan fingerprint density at radius 2 is 2.00 bits per heavy atom. The second-order valence-electron chi connectivity index (χ2n) is 3.19. The van der Waals surface area contributed by atoms with Crippen LogP contribution in [-0.2, 0) is 5.60 Å². The van der Waals surface area contributed by atoms with Gasteiger partial charge in [0, 0.05) is 0 Å². The van der Waals surface area contributed by atoms with E-state index in [9.17, 15) is 9.50 Å². The molecule has 0 bridgehead atoms. The zero-order chi connectivity index (χ0) is 9.35. The molecule has 0 atom stereocenters. The van der Waals surface area contributed by atoms with Crippen molar-refractivity contribution in [2.24, 2.45) is 0 Å². The quantitative estimate of drug-likeness (QED) is 0.790. The third kappa shape index (κ3) is 2.05. The zero-order valence-electron chi connectivity index (χ0n) is 6.94. The fraction of sp³-hybridized carbons (Fsp3) is 0.333. The number of hydrogen-bond acceptors (Lipinski definition) is 1. The van der Waals surface area contributed by atoms with Crippen molar-refractivity contribution in [1.29, 1.82) is 0 Å².